The van der Waals surface area contributed by atoms with Crippen molar-refractivity contribution in [3.63, 3.8) is 0 Å². The maximum absolute atomic E-state index is 12.6. The molecule has 6 nitrogen and oxygen atoms in total. The van der Waals surface area contributed by atoms with Gasteiger partial charge in [-0.3, -0.25) is 4.79 Å². The lowest BCUT2D eigenvalue weighted by Crippen LogP contribution is -2.28. The van der Waals surface area contributed by atoms with Gasteiger partial charge in [-0.25, -0.2) is 0 Å². The molecular formula is C19H21N3O3S. The average molecular weight is 371 g/mol. The Labute approximate surface area is 153 Å². The van der Waals surface area contributed by atoms with E-state index in [4.69, 9.17) is 0 Å². The number of hydrogen-bond acceptors (Lipinski definition) is 4. The molecule has 0 aliphatic carbocycles. The van der Waals surface area contributed by atoms with E-state index in [0.717, 1.165) is 17.5 Å². The SMILES string of the molecule is CCCN1C=NS(=O)(=O)c2cc(C(=O)Nc3cccc(C)c3C)ccc21. The van der Waals surface area contributed by atoms with E-state index in [2.05, 4.69) is 9.71 Å². The van der Waals surface area contributed by atoms with Crippen LogP contribution in [0.2, 0.25) is 0 Å². The summed E-state index contributed by atoms with van der Waals surface area (Å²) in [5, 5.41) is 2.85. The lowest BCUT2D eigenvalue weighted by molar-refractivity contribution is 0.102. The van der Waals surface area contributed by atoms with Crippen LogP contribution in [0.4, 0.5) is 11.4 Å². The molecule has 0 saturated heterocycles. The van der Waals surface area contributed by atoms with Crippen LogP contribution in [0.1, 0.15) is 34.8 Å². The summed E-state index contributed by atoms with van der Waals surface area (Å²) in [7, 11) is -3.79. The highest BCUT2D eigenvalue weighted by atomic mass is 32.2. The highest BCUT2D eigenvalue weighted by molar-refractivity contribution is 7.90. The van der Waals surface area contributed by atoms with Gasteiger partial charge in [-0.1, -0.05) is 19.1 Å². The lowest BCUT2D eigenvalue weighted by atomic mass is 10.1. The summed E-state index contributed by atoms with van der Waals surface area (Å²) in [5.74, 6) is -0.353. The second-order valence-corrected chi connectivity index (χ2v) is 7.87. The third-order valence-electron chi connectivity index (χ3n) is 4.45. The van der Waals surface area contributed by atoms with E-state index in [0.29, 0.717) is 17.9 Å². The van der Waals surface area contributed by atoms with Crippen molar-refractivity contribution in [3.8, 4) is 0 Å². The smallest absolute Gasteiger partial charge is 0.285 e. The third kappa shape index (κ3) is 3.35. The Kier molecular flexibility index (Phi) is 4.82. The van der Waals surface area contributed by atoms with Gasteiger partial charge in [-0.2, -0.15) is 8.42 Å². The van der Waals surface area contributed by atoms with Crippen LogP contribution in [-0.2, 0) is 10.0 Å². The second-order valence-electron chi connectivity index (χ2n) is 6.27. The fraction of sp³-hybridized carbons (Fsp3) is 0.263. The predicted octanol–water partition coefficient (Wildman–Crippen LogP) is 3.50. The van der Waals surface area contributed by atoms with Crippen LogP contribution in [0.3, 0.4) is 0 Å². The molecule has 0 unspecified atom stereocenters. The van der Waals surface area contributed by atoms with Gasteiger partial charge in [0.1, 0.15) is 11.2 Å². The molecule has 1 aliphatic rings. The molecule has 7 heteroatoms. The molecule has 1 N–H and O–H groups in total. The van der Waals surface area contributed by atoms with Crippen molar-refractivity contribution < 1.29 is 13.2 Å². The minimum absolute atomic E-state index is 0.0575. The maximum atomic E-state index is 12.6. The summed E-state index contributed by atoms with van der Waals surface area (Å²) in [6.45, 7) is 6.55. The molecule has 1 amide bonds. The van der Waals surface area contributed by atoms with Gasteiger partial charge in [0.25, 0.3) is 15.9 Å². The van der Waals surface area contributed by atoms with Crippen LogP contribution in [0, 0.1) is 13.8 Å². The number of benzene rings is 2. The monoisotopic (exact) mass is 371 g/mol. The van der Waals surface area contributed by atoms with Crippen LogP contribution in [0.5, 0.6) is 0 Å². The van der Waals surface area contributed by atoms with E-state index in [-0.39, 0.29) is 16.4 Å². The predicted molar refractivity (Wildman–Crippen MR) is 104 cm³/mol. The number of fused-ring (bicyclic) bond motifs is 1. The summed E-state index contributed by atoms with van der Waals surface area (Å²) in [6.07, 6.45) is 2.18. The van der Waals surface area contributed by atoms with Gasteiger partial charge < -0.3 is 10.2 Å². The zero-order valence-corrected chi connectivity index (χ0v) is 15.8. The summed E-state index contributed by atoms with van der Waals surface area (Å²) >= 11 is 0. The van der Waals surface area contributed by atoms with Crippen molar-refractivity contribution >= 4 is 33.6 Å². The topological polar surface area (TPSA) is 78.8 Å². The number of carbonyl (C=O) groups is 1. The van der Waals surface area contributed by atoms with Crippen LogP contribution < -0.4 is 10.2 Å². The minimum atomic E-state index is -3.79. The van der Waals surface area contributed by atoms with E-state index in [1.807, 2.05) is 39.0 Å². The minimum Gasteiger partial charge on any atom is -0.331 e. The number of sulfonamides is 1. The molecule has 0 aromatic heterocycles. The average Bonchev–Trinajstić information content (AvgIpc) is 2.61. The summed E-state index contributed by atoms with van der Waals surface area (Å²) in [4.78, 5) is 14.5. The number of rotatable bonds is 4. The van der Waals surface area contributed by atoms with Gasteiger partial charge in [0, 0.05) is 17.8 Å². The molecular weight excluding hydrogens is 350 g/mol. The van der Waals surface area contributed by atoms with Crippen LogP contribution in [0.15, 0.2) is 45.7 Å². The van der Waals surface area contributed by atoms with Crippen molar-refractivity contribution in [1.29, 1.82) is 0 Å². The first kappa shape index (κ1) is 18.1. The molecule has 2 aromatic rings. The Balaban J connectivity index is 1.96. The van der Waals surface area contributed by atoms with Crippen molar-refractivity contribution in [1.82, 2.24) is 0 Å². The molecule has 0 radical (unpaired) electrons. The maximum Gasteiger partial charge on any atom is 0.285 e. The van der Waals surface area contributed by atoms with Crippen molar-refractivity contribution in [3.05, 3.63) is 53.1 Å². The Morgan fingerprint density at radius 1 is 1.19 bits per heavy atom. The van der Waals surface area contributed by atoms with E-state index < -0.39 is 10.0 Å². The molecule has 0 atom stereocenters. The number of anilines is 2. The van der Waals surface area contributed by atoms with E-state index in [1.54, 1.807) is 17.0 Å². The molecule has 0 saturated carbocycles. The quantitative estimate of drug-likeness (QED) is 0.892. The largest absolute Gasteiger partial charge is 0.331 e. The molecule has 0 spiro atoms. The highest BCUT2D eigenvalue weighted by Gasteiger charge is 2.26. The van der Waals surface area contributed by atoms with Crippen molar-refractivity contribution in [2.24, 2.45) is 4.40 Å². The normalized spacial score (nSPS) is 14.8. The van der Waals surface area contributed by atoms with Crippen molar-refractivity contribution in [2.45, 2.75) is 32.1 Å². The van der Waals surface area contributed by atoms with Crippen LogP contribution in [0.25, 0.3) is 0 Å². The van der Waals surface area contributed by atoms with Gasteiger partial charge in [0.2, 0.25) is 0 Å². The molecule has 2 aromatic carbocycles. The standard InChI is InChI=1S/C19H21N3O3S/c1-4-10-22-12-20-26(24,25)18-11-15(8-9-17(18)22)19(23)21-16-7-5-6-13(2)14(16)3/h5-9,11-12H,4,10H2,1-3H3,(H,21,23). The van der Waals surface area contributed by atoms with Crippen molar-refractivity contribution in [2.75, 3.05) is 16.8 Å². The molecule has 0 fully saturated rings. The summed E-state index contributed by atoms with van der Waals surface area (Å²) in [5.41, 5.74) is 3.58. The molecule has 136 valence electrons. The number of hydrogen-bond donors (Lipinski definition) is 1. The van der Waals surface area contributed by atoms with Gasteiger partial charge in [-0.15, -0.1) is 4.40 Å². The zero-order chi connectivity index (χ0) is 18.9. The Hall–Kier alpha value is -2.67. The second kappa shape index (κ2) is 6.92. The molecule has 1 aliphatic heterocycles. The van der Waals surface area contributed by atoms with Gasteiger partial charge in [-0.05, 0) is 55.7 Å². The lowest BCUT2D eigenvalue weighted by Gasteiger charge is -2.25. The van der Waals surface area contributed by atoms with E-state index in [9.17, 15) is 13.2 Å². The first-order valence-corrected chi connectivity index (χ1v) is 9.86. The van der Waals surface area contributed by atoms with Gasteiger partial charge in [0.05, 0.1) is 5.69 Å². The Morgan fingerprint density at radius 2 is 1.96 bits per heavy atom. The van der Waals surface area contributed by atoms with Gasteiger partial charge in [0.15, 0.2) is 0 Å². The molecule has 3 rings (SSSR count). The number of carbonyl (C=O) groups excluding carboxylic acids is 1. The molecule has 1 heterocycles. The first-order valence-electron chi connectivity index (χ1n) is 8.42. The fourth-order valence-electron chi connectivity index (χ4n) is 2.84. The van der Waals surface area contributed by atoms with Gasteiger partial charge >= 0.3 is 0 Å². The number of nitrogens with one attached hydrogen (secondary N) is 1. The van der Waals surface area contributed by atoms with E-state index >= 15 is 0 Å². The summed E-state index contributed by atoms with van der Waals surface area (Å²) in [6, 6.07) is 10.3. The number of aryl methyl sites for hydroxylation is 1. The molecule has 26 heavy (non-hydrogen) atoms. The van der Waals surface area contributed by atoms with Crippen LogP contribution in [-0.4, -0.2) is 27.2 Å². The van der Waals surface area contributed by atoms with Crippen LogP contribution >= 0.6 is 0 Å². The summed E-state index contributed by atoms with van der Waals surface area (Å²) < 4.78 is 28.3. The number of amides is 1. The fourth-order valence-corrected chi connectivity index (χ4v) is 3.91. The third-order valence-corrected chi connectivity index (χ3v) is 5.71. The Bertz CT molecular complexity index is 997. The molecule has 0 bridgehead atoms. The zero-order valence-electron chi connectivity index (χ0n) is 15.0. The van der Waals surface area contributed by atoms with E-state index in [1.165, 1.54) is 12.4 Å². The number of nitrogens with zero attached hydrogens (tertiary/aromatic N) is 2. The highest BCUT2D eigenvalue weighted by Crippen LogP contribution is 2.31. The first-order chi connectivity index (χ1) is 12.3. The Morgan fingerprint density at radius 3 is 2.69 bits per heavy atom.